The Labute approximate surface area is 269 Å². The van der Waals surface area contributed by atoms with E-state index in [2.05, 4.69) is 16.0 Å². The molecule has 0 bridgehead atoms. The van der Waals surface area contributed by atoms with E-state index in [-0.39, 0.29) is 16.6 Å². The van der Waals surface area contributed by atoms with Crippen molar-refractivity contribution in [2.75, 3.05) is 10.6 Å². The molecule has 9 heteroatoms. The molecule has 0 fully saturated rings. The van der Waals surface area contributed by atoms with Gasteiger partial charge in [-0.1, -0.05) is 96.5 Å². The Morgan fingerprint density at radius 1 is 0.711 bits per heavy atom. The third-order valence-electron chi connectivity index (χ3n) is 6.51. The minimum absolute atomic E-state index is 0.0626. The first-order valence-corrected chi connectivity index (χ1v) is 15.1. The van der Waals surface area contributed by atoms with Crippen molar-refractivity contribution in [1.29, 1.82) is 0 Å². The van der Waals surface area contributed by atoms with Crippen molar-refractivity contribution in [1.82, 2.24) is 5.32 Å². The average Bonchev–Trinajstić information content (AvgIpc) is 3.06. The second-order valence-corrected chi connectivity index (χ2v) is 11.4. The van der Waals surface area contributed by atoms with E-state index in [0.717, 1.165) is 11.1 Å². The van der Waals surface area contributed by atoms with E-state index in [1.165, 1.54) is 30.0 Å². The van der Waals surface area contributed by atoms with Gasteiger partial charge in [0, 0.05) is 21.8 Å². The zero-order chi connectivity index (χ0) is 31.6. The summed E-state index contributed by atoms with van der Waals surface area (Å²) >= 11 is 7.20. The second-order valence-electron chi connectivity index (χ2n) is 9.80. The third kappa shape index (κ3) is 8.69. The zero-order valence-electron chi connectivity index (χ0n) is 23.7. The van der Waals surface area contributed by atoms with Crippen LogP contribution in [0.25, 0.3) is 6.08 Å². The van der Waals surface area contributed by atoms with E-state index in [1.54, 1.807) is 54.6 Å². The van der Waals surface area contributed by atoms with Gasteiger partial charge in [0.1, 0.15) is 16.8 Å². The second kappa shape index (κ2) is 15.0. The van der Waals surface area contributed by atoms with E-state index in [1.807, 2.05) is 66.7 Å². The number of thioether (sulfide) groups is 1. The Bertz CT molecular complexity index is 1840. The van der Waals surface area contributed by atoms with E-state index >= 15 is 0 Å². The molecule has 6 nitrogen and oxygen atoms in total. The molecule has 0 aromatic heterocycles. The first-order valence-electron chi connectivity index (χ1n) is 13.9. The topological polar surface area (TPSA) is 87.3 Å². The van der Waals surface area contributed by atoms with E-state index in [4.69, 9.17) is 11.6 Å². The molecule has 0 saturated carbocycles. The van der Waals surface area contributed by atoms with Gasteiger partial charge < -0.3 is 16.0 Å². The van der Waals surface area contributed by atoms with Crippen molar-refractivity contribution in [3.63, 3.8) is 0 Å². The minimum atomic E-state index is -0.681. The van der Waals surface area contributed by atoms with Crippen LogP contribution in [0.3, 0.4) is 0 Å². The quantitative estimate of drug-likeness (QED) is 0.106. The third-order valence-corrected chi connectivity index (χ3v) is 8.05. The standard InChI is InChI=1S/C36H27ClFN3O3S/c37-30-23-28(19-20-31(30)38)40-36(44)33(25-13-6-2-7-14-25)45-29-18-10-17-27(22-29)39-35(43)32(21-24-11-4-1-5-12-24)41-34(42)26-15-8-3-9-16-26/h1-23,33H,(H,39,43)(H,40,44)(H,41,42)/b32-21-. The van der Waals surface area contributed by atoms with Gasteiger partial charge in [-0.2, -0.15) is 0 Å². The molecule has 1 atom stereocenters. The maximum absolute atomic E-state index is 13.7. The number of halogens is 2. The van der Waals surface area contributed by atoms with E-state index < -0.39 is 22.9 Å². The van der Waals surface area contributed by atoms with Gasteiger partial charge in [-0.25, -0.2) is 4.39 Å². The fourth-order valence-electron chi connectivity index (χ4n) is 4.32. The number of hydrogen-bond acceptors (Lipinski definition) is 4. The molecule has 5 aromatic rings. The lowest BCUT2D eigenvalue weighted by molar-refractivity contribution is -0.116. The lowest BCUT2D eigenvalue weighted by Crippen LogP contribution is -2.30. The number of amides is 3. The molecule has 0 aliphatic carbocycles. The fourth-order valence-corrected chi connectivity index (χ4v) is 5.59. The van der Waals surface area contributed by atoms with Gasteiger partial charge >= 0.3 is 0 Å². The van der Waals surface area contributed by atoms with Crippen LogP contribution >= 0.6 is 23.4 Å². The summed E-state index contributed by atoms with van der Waals surface area (Å²) in [6, 6.07) is 38.1. The van der Waals surface area contributed by atoms with Crippen LogP contribution in [0.4, 0.5) is 15.8 Å². The number of carbonyl (C=O) groups excluding carboxylic acids is 3. The van der Waals surface area contributed by atoms with Crippen molar-refractivity contribution in [2.45, 2.75) is 10.1 Å². The Hall–Kier alpha value is -5.18. The lowest BCUT2D eigenvalue weighted by Gasteiger charge is -2.18. The van der Waals surface area contributed by atoms with Crippen molar-refractivity contribution in [3.8, 4) is 0 Å². The monoisotopic (exact) mass is 635 g/mol. The van der Waals surface area contributed by atoms with Crippen LogP contribution in [0.5, 0.6) is 0 Å². The predicted molar refractivity (Wildman–Crippen MR) is 178 cm³/mol. The van der Waals surface area contributed by atoms with Crippen LogP contribution in [-0.4, -0.2) is 17.7 Å². The summed E-state index contributed by atoms with van der Waals surface area (Å²) in [5, 5.41) is 7.64. The zero-order valence-corrected chi connectivity index (χ0v) is 25.3. The molecule has 0 aliphatic heterocycles. The molecule has 45 heavy (non-hydrogen) atoms. The van der Waals surface area contributed by atoms with Crippen LogP contribution in [-0.2, 0) is 9.59 Å². The smallest absolute Gasteiger partial charge is 0.272 e. The van der Waals surface area contributed by atoms with E-state index in [9.17, 15) is 18.8 Å². The number of carbonyl (C=O) groups is 3. The molecule has 224 valence electrons. The van der Waals surface area contributed by atoms with E-state index in [0.29, 0.717) is 21.8 Å². The molecule has 5 rings (SSSR count). The molecule has 1 unspecified atom stereocenters. The highest BCUT2D eigenvalue weighted by atomic mass is 35.5. The van der Waals surface area contributed by atoms with Gasteiger partial charge in [-0.3, -0.25) is 14.4 Å². The fraction of sp³-hybridized carbons (Fsp3) is 0.0278. The molecular formula is C36H27ClFN3O3S. The van der Waals surface area contributed by atoms with Gasteiger partial charge in [0.05, 0.1) is 5.02 Å². The number of hydrogen-bond donors (Lipinski definition) is 3. The summed E-state index contributed by atoms with van der Waals surface area (Å²) in [5.41, 5.74) is 2.79. The molecule has 0 radical (unpaired) electrons. The van der Waals surface area contributed by atoms with Crippen molar-refractivity contribution in [2.24, 2.45) is 0 Å². The SMILES string of the molecule is O=C(Nc1cccc(SC(C(=O)Nc2ccc(F)c(Cl)c2)c2ccccc2)c1)/C(=C/c1ccccc1)NC(=O)c1ccccc1. The van der Waals surface area contributed by atoms with Gasteiger partial charge in [-0.05, 0) is 65.7 Å². The van der Waals surface area contributed by atoms with Gasteiger partial charge in [0.15, 0.2) is 0 Å². The molecule has 0 spiro atoms. The first kappa shape index (κ1) is 31.3. The number of nitrogens with one attached hydrogen (secondary N) is 3. The molecule has 0 aliphatic rings. The normalized spacial score (nSPS) is 11.7. The van der Waals surface area contributed by atoms with Crippen molar-refractivity contribution in [3.05, 3.63) is 167 Å². The summed E-state index contributed by atoms with van der Waals surface area (Å²) in [5.74, 6) is -1.85. The highest BCUT2D eigenvalue weighted by Crippen LogP contribution is 2.37. The van der Waals surface area contributed by atoms with Crippen LogP contribution in [0.1, 0.15) is 26.7 Å². The maximum atomic E-state index is 13.7. The first-order chi connectivity index (χ1) is 21.9. The number of benzene rings is 5. The summed E-state index contributed by atoms with van der Waals surface area (Å²) in [6.07, 6.45) is 1.60. The highest BCUT2D eigenvalue weighted by molar-refractivity contribution is 8.00. The van der Waals surface area contributed by atoms with Crippen LogP contribution in [0, 0.1) is 5.82 Å². The number of rotatable bonds is 10. The molecule has 3 amide bonds. The Morgan fingerprint density at radius 3 is 2.04 bits per heavy atom. The van der Waals surface area contributed by atoms with Gasteiger partial charge in [0.25, 0.3) is 11.8 Å². The maximum Gasteiger partial charge on any atom is 0.272 e. The van der Waals surface area contributed by atoms with Gasteiger partial charge in [0.2, 0.25) is 5.91 Å². The van der Waals surface area contributed by atoms with Crippen LogP contribution in [0.2, 0.25) is 5.02 Å². The summed E-state index contributed by atoms with van der Waals surface area (Å²) in [7, 11) is 0. The van der Waals surface area contributed by atoms with Crippen LogP contribution in [0.15, 0.2) is 144 Å². The Morgan fingerprint density at radius 2 is 1.36 bits per heavy atom. The summed E-state index contributed by atoms with van der Waals surface area (Å²) in [4.78, 5) is 40.6. The molecule has 3 N–H and O–H groups in total. The predicted octanol–water partition coefficient (Wildman–Crippen LogP) is 8.36. The van der Waals surface area contributed by atoms with Crippen LogP contribution < -0.4 is 16.0 Å². The minimum Gasteiger partial charge on any atom is -0.325 e. The Balaban J connectivity index is 1.36. The summed E-state index contributed by atoms with van der Waals surface area (Å²) < 4.78 is 13.7. The highest BCUT2D eigenvalue weighted by Gasteiger charge is 2.23. The Kier molecular flexibility index (Phi) is 10.4. The average molecular weight is 636 g/mol. The van der Waals surface area contributed by atoms with Gasteiger partial charge in [-0.15, -0.1) is 11.8 Å². The van der Waals surface area contributed by atoms with Crippen molar-refractivity contribution >= 4 is 58.5 Å². The molecular weight excluding hydrogens is 609 g/mol. The largest absolute Gasteiger partial charge is 0.325 e. The molecule has 0 heterocycles. The number of anilines is 2. The molecule has 5 aromatic carbocycles. The summed E-state index contributed by atoms with van der Waals surface area (Å²) in [6.45, 7) is 0. The van der Waals surface area contributed by atoms with Crippen molar-refractivity contribution < 1.29 is 18.8 Å². The lowest BCUT2D eigenvalue weighted by atomic mass is 10.1. The molecule has 0 saturated heterocycles.